The highest BCUT2D eigenvalue weighted by Crippen LogP contribution is 2.18. The zero-order chi connectivity index (χ0) is 17.1. The number of unbranched alkanes of at least 4 members (excludes halogenated alkanes) is 1. The number of aryl methyl sites for hydroxylation is 1. The van der Waals surface area contributed by atoms with E-state index in [9.17, 15) is 13.2 Å². The molecule has 7 heteroatoms. The molecule has 0 radical (unpaired) electrons. The molecule has 0 fully saturated rings. The lowest BCUT2D eigenvalue weighted by atomic mass is 10.1. The Balaban J connectivity index is 2.14. The van der Waals surface area contributed by atoms with Crippen molar-refractivity contribution in [2.24, 2.45) is 4.99 Å². The van der Waals surface area contributed by atoms with Gasteiger partial charge in [0.1, 0.15) is 5.75 Å². The van der Waals surface area contributed by atoms with Gasteiger partial charge in [0.05, 0.1) is 13.5 Å². The Morgan fingerprint density at radius 3 is 2.30 bits per heavy atom. The number of hydrogen-bond acceptors (Lipinski definition) is 2. The normalized spacial score (nSPS) is 12.1. The number of rotatable bonds is 8. The summed E-state index contributed by atoms with van der Waals surface area (Å²) in [6.07, 6.45) is -2.17. The first-order chi connectivity index (χ1) is 10.9. The van der Waals surface area contributed by atoms with Gasteiger partial charge < -0.3 is 15.4 Å². The van der Waals surface area contributed by atoms with Gasteiger partial charge in [-0.1, -0.05) is 12.1 Å². The second-order valence-electron chi connectivity index (χ2n) is 5.10. The molecular formula is C16H24F3N3O. The number of nitrogens with zero attached hydrogens (tertiary/aromatic N) is 1. The SMILES string of the molecule is CN=C(NCCCCc1ccc(OC)cc1)NCCC(F)(F)F. The van der Waals surface area contributed by atoms with Crippen LogP contribution in [0.4, 0.5) is 13.2 Å². The molecule has 0 saturated carbocycles. The number of guanidine groups is 1. The molecule has 0 amide bonds. The molecule has 130 valence electrons. The topological polar surface area (TPSA) is 45.7 Å². The molecule has 0 heterocycles. The number of methoxy groups -OCH3 is 1. The van der Waals surface area contributed by atoms with Gasteiger partial charge >= 0.3 is 6.18 Å². The Kier molecular flexibility index (Phi) is 8.29. The van der Waals surface area contributed by atoms with Gasteiger partial charge in [0, 0.05) is 20.1 Å². The van der Waals surface area contributed by atoms with Crippen molar-refractivity contribution in [3.63, 3.8) is 0 Å². The van der Waals surface area contributed by atoms with Crippen LogP contribution in [0, 0.1) is 0 Å². The Bertz CT molecular complexity index is 472. The summed E-state index contributed by atoms with van der Waals surface area (Å²) in [6.45, 7) is 0.497. The minimum atomic E-state index is -4.15. The highest BCUT2D eigenvalue weighted by Gasteiger charge is 2.26. The number of ether oxygens (including phenoxy) is 1. The lowest BCUT2D eigenvalue weighted by molar-refractivity contribution is -0.132. The number of alkyl halides is 3. The fourth-order valence-electron chi connectivity index (χ4n) is 2.00. The van der Waals surface area contributed by atoms with E-state index >= 15 is 0 Å². The number of halogens is 3. The Labute approximate surface area is 135 Å². The highest BCUT2D eigenvalue weighted by molar-refractivity contribution is 5.79. The van der Waals surface area contributed by atoms with E-state index in [0.717, 1.165) is 25.0 Å². The molecule has 1 rings (SSSR count). The van der Waals surface area contributed by atoms with Crippen molar-refractivity contribution in [3.8, 4) is 5.75 Å². The smallest absolute Gasteiger partial charge is 0.390 e. The molecular weight excluding hydrogens is 307 g/mol. The first kappa shape index (κ1) is 19.1. The van der Waals surface area contributed by atoms with E-state index in [1.54, 1.807) is 14.2 Å². The largest absolute Gasteiger partial charge is 0.497 e. The fourth-order valence-corrected chi connectivity index (χ4v) is 2.00. The van der Waals surface area contributed by atoms with Crippen LogP contribution in [0.5, 0.6) is 5.75 Å². The van der Waals surface area contributed by atoms with Gasteiger partial charge in [0.15, 0.2) is 5.96 Å². The monoisotopic (exact) mass is 331 g/mol. The van der Waals surface area contributed by atoms with Crippen LogP contribution in [0.1, 0.15) is 24.8 Å². The molecule has 0 aliphatic carbocycles. The standard InChI is InChI=1S/C16H24F3N3O/c1-20-15(22-12-10-16(17,18)19)21-11-4-3-5-13-6-8-14(23-2)9-7-13/h6-9H,3-5,10-12H2,1-2H3,(H2,20,21,22). The van der Waals surface area contributed by atoms with Gasteiger partial charge in [-0.2, -0.15) is 13.2 Å². The lowest BCUT2D eigenvalue weighted by Crippen LogP contribution is -2.39. The van der Waals surface area contributed by atoms with Crippen LogP contribution in [0.25, 0.3) is 0 Å². The fraction of sp³-hybridized carbons (Fsp3) is 0.562. The van der Waals surface area contributed by atoms with Crippen LogP contribution < -0.4 is 15.4 Å². The summed E-state index contributed by atoms with van der Waals surface area (Å²) >= 11 is 0. The summed E-state index contributed by atoms with van der Waals surface area (Å²) in [5.74, 6) is 1.24. The van der Waals surface area contributed by atoms with Gasteiger partial charge in [-0.05, 0) is 37.0 Å². The van der Waals surface area contributed by atoms with E-state index < -0.39 is 12.6 Å². The number of hydrogen-bond donors (Lipinski definition) is 2. The maximum absolute atomic E-state index is 12.1. The zero-order valence-corrected chi connectivity index (χ0v) is 13.5. The van der Waals surface area contributed by atoms with E-state index in [1.807, 2.05) is 24.3 Å². The highest BCUT2D eigenvalue weighted by atomic mass is 19.4. The second kappa shape index (κ2) is 9.97. The molecule has 0 saturated heterocycles. The number of aliphatic imine (C=N–C) groups is 1. The van der Waals surface area contributed by atoms with E-state index in [4.69, 9.17) is 4.74 Å². The molecule has 0 unspecified atom stereocenters. The molecule has 0 atom stereocenters. The average Bonchev–Trinajstić information content (AvgIpc) is 2.52. The summed E-state index contributed by atoms with van der Waals surface area (Å²) in [4.78, 5) is 3.90. The summed E-state index contributed by atoms with van der Waals surface area (Å²) < 4.78 is 41.3. The minimum absolute atomic E-state index is 0.172. The predicted molar refractivity (Wildman–Crippen MR) is 86.0 cm³/mol. The van der Waals surface area contributed by atoms with E-state index in [-0.39, 0.29) is 6.54 Å². The maximum Gasteiger partial charge on any atom is 0.390 e. The zero-order valence-electron chi connectivity index (χ0n) is 13.5. The van der Waals surface area contributed by atoms with Crippen molar-refractivity contribution in [2.75, 3.05) is 27.2 Å². The van der Waals surface area contributed by atoms with Crippen LogP contribution in [0.3, 0.4) is 0 Å². The van der Waals surface area contributed by atoms with Gasteiger partial charge in [0.25, 0.3) is 0 Å². The molecule has 0 aromatic heterocycles. The minimum Gasteiger partial charge on any atom is -0.497 e. The molecule has 1 aromatic rings. The van der Waals surface area contributed by atoms with Crippen LogP contribution in [0.2, 0.25) is 0 Å². The molecule has 0 bridgehead atoms. The third-order valence-corrected chi connectivity index (χ3v) is 3.27. The Hall–Kier alpha value is -1.92. The summed E-state index contributed by atoms with van der Waals surface area (Å²) in [5.41, 5.74) is 1.23. The first-order valence-corrected chi connectivity index (χ1v) is 7.59. The number of benzene rings is 1. The molecule has 23 heavy (non-hydrogen) atoms. The first-order valence-electron chi connectivity index (χ1n) is 7.59. The van der Waals surface area contributed by atoms with Crippen molar-refractivity contribution in [2.45, 2.75) is 31.9 Å². The Morgan fingerprint density at radius 1 is 1.09 bits per heavy atom. The number of nitrogens with one attached hydrogen (secondary N) is 2. The van der Waals surface area contributed by atoms with Crippen molar-refractivity contribution in [1.29, 1.82) is 0 Å². The third kappa shape index (κ3) is 8.95. The van der Waals surface area contributed by atoms with Crippen LogP contribution >= 0.6 is 0 Å². The molecule has 4 nitrogen and oxygen atoms in total. The van der Waals surface area contributed by atoms with Gasteiger partial charge in [-0.15, -0.1) is 0 Å². The second-order valence-corrected chi connectivity index (χ2v) is 5.10. The van der Waals surface area contributed by atoms with Crippen LogP contribution in [-0.2, 0) is 6.42 Å². The van der Waals surface area contributed by atoms with E-state index in [0.29, 0.717) is 12.5 Å². The van der Waals surface area contributed by atoms with Crippen molar-refractivity contribution >= 4 is 5.96 Å². The quantitative estimate of drug-likeness (QED) is 0.437. The van der Waals surface area contributed by atoms with Crippen molar-refractivity contribution in [3.05, 3.63) is 29.8 Å². The summed E-state index contributed by atoms with van der Waals surface area (Å²) in [5, 5.41) is 5.66. The van der Waals surface area contributed by atoms with Gasteiger partial charge in [-0.3, -0.25) is 4.99 Å². The molecule has 0 spiro atoms. The van der Waals surface area contributed by atoms with E-state index in [2.05, 4.69) is 15.6 Å². The van der Waals surface area contributed by atoms with E-state index in [1.165, 1.54) is 5.56 Å². The predicted octanol–water partition coefficient (Wildman–Crippen LogP) is 3.14. The summed E-state index contributed by atoms with van der Waals surface area (Å²) in [7, 11) is 3.18. The maximum atomic E-state index is 12.1. The molecule has 2 N–H and O–H groups in total. The lowest BCUT2D eigenvalue weighted by Gasteiger charge is -2.12. The van der Waals surface area contributed by atoms with Crippen molar-refractivity contribution in [1.82, 2.24) is 10.6 Å². The van der Waals surface area contributed by atoms with Gasteiger partial charge in [-0.25, -0.2) is 0 Å². The Morgan fingerprint density at radius 2 is 1.74 bits per heavy atom. The molecule has 0 aliphatic heterocycles. The summed E-state index contributed by atoms with van der Waals surface area (Å²) in [6, 6.07) is 7.92. The molecule has 1 aromatic carbocycles. The average molecular weight is 331 g/mol. The van der Waals surface area contributed by atoms with Gasteiger partial charge in [0.2, 0.25) is 0 Å². The molecule has 0 aliphatic rings. The van der Waals surface area contributed by atoms with Crippen LogP contribution in [0.15, 0.2) is 29.3 Å². The third-order valence-electron chi connectivity index (χ3n) is 3.27. The van der Waals surface area contributed by atoms with Crippen molar-refractivity contribution < 1.29 is 17.9 Å². The van der Waals surface area contributed by atoms with Crippen LogP contribution in [-0.4, -0.2) is 39.4 Å².